The number of rotatable bonds is 5. The van der Waals surface area contributed by atoms with Crippen LogP contribution in [0.3, 0.4) is 0 Å². The molecule has 2 aliphatic rings. The average molecular weight is 356 g/mol. The van der Waals surface area contributed by atoms with Gasteiger partial charge in [-0.25, -0.2) is 0 Å². The second-order valence-corrected chi connectivity index (χ2v) is 8.21. The standard InChI is InChI=1S/C14H20N4O3S2/c1-9(12(20)17-5-7-21-8-6-17)22-14-16-15-13(23-14)18(10(2)19)11-3-4-11/h9,11H,3-8H2,1-2H3. The van der Waals surface area contributed by atoms with Gasteiger partial charge in [0.25, 0.3) is 0 Å². The summed E-state index contributed by atoms with van der Waals surface area (Å²) in [6.45, 7) is 5.92. The van der Waals surface area contributed by atoms with Crippen LogP contribution in [-0.4, -0.2) is 64.5 Å². The molecule has 1 saturated heterocycles. The maximum Gasteiger partial charge on any atom is 0.236 e. The first-order chi connectivity index (χ1) is 11.1. The summed E-state index contributed by atoms with van der Waals surface area (Å²) in [6.07, 6.45) is 2.04. The van der Waals surface area contributed by atoms with Gasteiger partial charge in [-0.1, -0.05) is 23.1 Å². The van der Waals surface area contributed by atoms with E-state index < -0.39 is 0 Å². The van der Waals surface area contributed by atoms with Gasteiger partial charge in [0, 0.05) is 26.1 Å². The van der Waals surface area contributed by atoms with Gasteiger partial charge >= 0.3 is 0 Å². The molecule has 1 atom stereocenters. The van der Waals surface area contributed by atoms with Gasteiger partial charge in [-0.3, -0.25) is 14.5 Å². The summed E-state index contributed by atoms with van der Waals surface area (Å²) in [5.74, 6) is 0.0957. The Morgan fingerprint density at radius 2 is 2.04 bits per heavy atom. The maximum absolute atomic E-state index is 12.4. The molecule has 0 bridgehead atoms. The Morgan fingerprint density at radius 3 is 2.65 bits per heavy atom. The Bertz CT molecular complexity index is 584. The van der Waals surface area contributed by atoms with Crippen molar-refractivity contribution in [1.82, 2.24) is 15.1 Å². The second-order valence-electron chi connectivity index (χ2n) is 5.67. The fourth-order valence-corrected chi connectivity index (χ4v) is 4.66. The molecule has 0 spiro atoms. The van der Waals surface area contributed by atoms with Crippen LogP contribution in [0.2, 0.25) is 0 Å². The molecule has 1 aromatic heterocycles. The van der Waals surface area contributed by atoms with Crippen LogP contribution in [0.1, 0.15) is 26.7 Å². The van der Waals surface area contributed by atoms with Crippen molar-refractivity contribution >= 4 is 40.0 Å². The number of carbonyl (C=O) groups excluding carboxylic acids is 2. The Hall–Kier alpha value is -1.19. The van der Waals surface area contributed by atoms with Gasteiger partial charge < -0.3 is 9.64 Å². The number of morpholine rings is 1. The van der Waals surface area contributed by atoms with Gasteiger partial charge in [0.2, 0.25) is 16.9 Å². The minimum Gasteiger partial charge on any atom is -0.378 e. The molecule has 1 saturated carbocycles. The van der Waals surface area contributed by atoms with Crippen LogP contribution in [0.25, 0.3) is 0 Å². The van der Waals surface area contributed by atoms with E-state index in [1.807, 2.05) is 11.8 Å². The highest BCUT2D eigenvalue weighted by molar-refractivity contribution is 8.02. The monoisotopic (exact) mass is 356 g/mol. The van der Waals surface area contributed by atoms with Crippen LogP contribution < -0.4 is 4.90 Å². The van der Waals surface area contributed by atoms with E-state index in [1.165, 1.54) is 23.1 Å². The second kappa shape index (κ2) is 7.14. The highest BCUT2D eigenvalue weighted by Gasteiger charge is 2.34. The van der Waals surface area contributed by atoms with Crippen LogP contribution >= 0.6 is 23.1 Å². The third-order valence-electron chi connectivity index (χ3n) is 3.80. The zero-order valence-corrected chi connectivity index (χ0v) is 14.9. The van der Waals surface area contributed by atoms with Crippen LogP contribution in [0.4, 0.5) is 5.13 Å². The highest BCUT2D eigenvalue weighted by Crippen LogP contribution is 2.36. The SMILES string of the molecule is CC(=O)N(c1nnc(SC(C)C(=O)N2CCOCC2)s1)C1CC1. The van der Waals surface area contributed by atoms with Crippen LogP contribution in [-0.2, 0) is 14.3 Å². The minimum atomic E-state index is -0.222. The average Bonchev–Trinajstić information content (AvgIpc) is 3.26. The van der Waals surface area contributed by atoms with Gasteiger partial charge in [-0.2, -0.15) is 0 Å². The van der Waals surface area contributed by atoms with Crippen molar-refractivity contribution in [3.05, 3.63) is 0 Å². The lowest BCUT2D eigenvalue weighted by Crippen LogP contribution is -2.44. The number of anilines is 1. The Labute approximate surface area is 143 Å². The smallest absolute Gasteiger partial charge is 0.236 e. The van der Waals surface area contributed by atoms with E-state index in [4.69, 9.17) is 4.74 Å². The minimum absolute atomic E-state index is 0.00218. The van der Waals surface area contributed by atoms with E-state index in [2.05, 4.69) is 10.2 Å². The van der Waals surface area contributed by atoms with Crippen molar-refractivity contribution in [2.24, 2.45) is 0 Å². The Kier molecular flexibility index (Phi) is 5.17. The summed E-state index contributed by atoms with van der Waals surface area (Å²) in [5, 5.41) is 8.68. The highest BCUT2D eigenvalue weighted by atomic mass is 32.2. The molecule has 2 heterocycles. The van der Waals surface area contributed by atoms with E-state index >= 15 is 0 Å². The Morgan fingerprint density at radius 1 is 1.35 bits per heavy atom. The number of aromatic nitrogens is 2. The molecular weight excluding hydrogens is 336 g/mol. The summed E-state index contributed by atoms with van der Waals surface area (Å²) >= 11 is 2.78. The van der Waals surface area contributed by atoms with E-state index in [9.17, 15) is 9.59 Å². The number of hydrogen-bond donors (Lipinski definition) is 0. The Balaban J connectivity index is 1.61. The van der Waals surface area contributed by atoms with Gasteiger partial charge in [0.05, 0.1) is 18.5 Å². The predicted octanol–water partition coefficient (Wildman–Crippen LogP) is 1.39. The maximum atomic E-state index is 12.4. The van der Waals surface area contributed by atoms with E-state index in [0.29, 0.717) is 31.4 Å². The first-order valence-electron chi connectivity index (χ1n) is 7.72. The fourth-order valence-electron chi connectivity index (χ4n) is 2.47. The predicted molar refractivity (Wildman–Crippen MR) is 88.8 cm³/mol. The molecule has 126 valence electrons. The normalized spacial score (nSPS) is 19.5. The molecule has 1 aromatic rings. The lowest BCUT2D eigenvalue weighted by atomic mass is 10.3. The molecule has 0 N–H and O–H groups in total. The fraction of sp³-hybridized carbons (Fsp3) is 0.714. The number of nitrogens with zero attached hydrogens (tertiary/aromatic N) is 4. The molecule has 0 radical (unpaired) electrons. The van der Waals surface area contributed by atoms with E-state index in [0.717, 1.165) is 17.2 Å². The summed E-state index contributed by atoms with van der Waals surface area (Å²) in [7, 11) is 0. The zero-order valence-electron chi connectivity index (χ0n) is 13.2. The molecule has 7 nitrogen and oxygen atoms in total. The first kappa shape index (κ1) is 16.7. The van der Waals surface area contributed by atoms with Crippen molar-refractivity contribution in [2.75, 3.05) is 31.2 Å². The van der Waals surface area contributed by atoms with Crippen LogP contribution in [0.5, 0.6) is 0 Å². The number of ether oxygens (including phenoxy) is 1. The topological polar surface area (TPSA) is 75.6 Å². The van der Waals surface area contributed by atoms with Crippen molar-refractivity contribution in [2.45, 2.75) is 42.3 Å². The van der Waals surface area contributed by atoms with Gasteiger partial charge in [0.15, 0.2) is 4.34 Å². The number of amides is 2. The van der Waals surface area contributed by atoms with E-state index in [1.54, 1.807) is 11.8 Å². The number of hydrogen-bond acceptors (Lipinski definition) is 7. The molecule has 0 aromatic carbocycles. The summed E-state index contributed by atoms with van der Waals surface area (Å²) in [6, 6.07) is 0.269. The number of thioether (sulfide) groups is 1. The molecule has 1 aliphatic heterocycles. The van der Waals surface area contributed by atoms with Crippen molar-refractivity contribution in [1.29, 1.82) is 0 Å². The first-order valence-corrected chi connectivity index (χ1v) is 9.42. The van der Waals surface area contributed by atoms with E-state index in [-0.39, 0.29) is 23.1 Å². The van der Waals surface area contributed by atoms with Crippen LogP contribution in [0.15, 0.2) is 4.34 Å². The van der Waals surface area contributed by atoms with Gasteiger partial charge in [-0.05, 0) is 19.8 Å². The van der Waals surface area contributed by atoms with Gasteiger partial charge in [0.1, 0.15) is 0 Å². The molecule has 1 aliphatic carbocycles. The summed E-state index contributed by atoms with van der Waals surface area (Å²) in [4.78, 5) is 27.7. The summed E-state index contributed by atoms with van der Waals surface area (Å²) in [5.41, 5.74) is 0. The zero-order chi connectivity index (χ0) is 16.4. The number of carbonyl (C=O) groups is 2. The van der Waals surface area contributed by atoms with Crippen molar-refractivity contribution in [3.63, 3.8) is 0 Å². The van der Waals surface area contributed by atoms with Crippen molar-refractivity contribution in [3.8, 4) is 0 Å². The molecule has 23 heavy (non-hydrogen) atoms. The lowest BCUT2D eigenvalue weighted by molar-refractivity contribution is -0.134. The molecule has 9 heteroatoms. The third kappa shape index (κ3) is 4.02. The van der Waals surface area contributed by atoms with Gasteiger partial charge in [-0.15, -0.1) is 10.2 Å². The van der Waals surface area contributed by atoms with Crippen molar-refractivity contribution < 1.29 is 14.3 Å². The molecule has 1 unspecified atom stereocenters. The summed E-state index contributed by atoms with van der Waals surface area (Å²) < 4.78 is 5.99. The lowest BCUT2D eigenvalue weighted by Gasteiger charge is -2.28. The molecule has 3 rings (SSSR count). The molecular formula is C14H20N4O3S2. The van der Waals surface area contributed by atoms with Crippen LogP contribution in [0, 0.1) is 0 Å². The quantitative estimate of drug-likeness (QED) is 0.586. The largest absolute Gasteiger partial charge is 0.378 e. The molecule has 2 amide bonds. The molecule has 2 fully saturated rings. The third-order valence-corrected chi connectivity index (χ3v) is 5.90.